The van der Waals surface area contributed by atoms with E-state index in [-0.39, 0.29) is 18.4 Å². The molecule has 2 N–H and O–H groups in total. The number of benzene rings is 1. The largest absolute Gasteiger partial charge is 0.289 e. The maximum Gasteiger partial charge on any atom is 0.262 e. The molecule has 7 nitrogen and oxygen atoms in total. The predicted molar refractivity (Wildman–Crippen MR) is 116 cm³/mol. The quantitative estimate of drug-likeness (QED) is 0.334. The van der Waals surface area contributed by atoms with Crippen LogP contribution in [0.5, 0.6) is 0 Å². The number of aromatic nitrogens is 1. The van der Waals surface area contributed by atoms with E-state index in [1.165, 1.54) is 21.7 Å². The summed E-state index contributed by atoms with van der Waals surface area (Å²) in [5.74, 6) is -0.855. The Morgan fingerprint density at radius 2 is 1.97 bits per heavy atom. The van der Waals surface area contributed by atoms with E-state index in [9.17, 15) is 18.4 Å². The fourth-order valence-corrected chi connectivity index (χ4v) is 6.46. The topological polar surface area (TPSA) is 99.6 Å². The zero-order chi connectivity index (χ0) is 21.8. The first kappa shape index (κ1) is 23.5. The van der Waals surface area contributed by atoms with Crippen molar-refractivity contribution in [3.05, 3.63) is 41.9 Å². The van der Waals surface area contributed by atoms with Crippen LogP contribution in [0.4, 0.5) is 0 Å². The van der Waals surface area contributed by atoms with Crippen LogP contribution in [0.1, 0.15) is 44.4 Å². The van der Waals surface area contributed by atoms with E-state index in [1.807, 2.05) is 38.1 Å². The Bertz CT molecular complexity index is 921. The van der Waals surface area contributed by atoms with E-state index in [0.29, 0.717) is 11.4 Å². The van der Waals surface area contributed by atoms with E-state index in [4.69, 9.17) is 0 Å². The first-order chi connectivity index (χ1) is 13.6. The van der Waals surface area contributed by atoms with Gasteiger partial charge in [0, 0.05) is 6.54 Å². The van der Waals surface area contributed by atoms with Gasteiger partial charge in [-0.2, -0.15) is 4.31 Å². The van der Waals surface area contributed by atoms with E-state index >= 15 is 0 Å². The molecule has 0 aliphatic rings. The molecule has 1 aromatic heterocycles. The summed E-state index contributed by atoms with van der Waals surface area (Å²) in [7, 11) is -4.02. The lowest BCUT2D eigenvalue weighted by Gasteiger charge is -2.34. The molecule has 2 unspecified atom stereocenters. The highest BCUT2D eigenvalue weighted by Gasteiger charge is 2.41. The van der Waals surface area contributed by atoms with Gasteiger partial charge in [-0.05, 0) is 30.4 Å². The highest BCUT2D eigenvalue weighted by atomic mass is 32.2. The van der Waals surface area contributed by atoms with Crippen LogP contribution in [0.15, 0.2) is 36.9 Å². The van der Waals surface area contributed by atoms with E-state index in [1.54, 1.807) is 19.3 Å². The molecule has 2 rings (SSSR count). The normalized spacial score (nSPS) is 14.5. The Kier molecular flexibility index (Phi) is 7.93. The van der Waals surface area contributed by atoms with Gasteiger partial charge in [0.25, 0.3) is 5.91 Å². The van der Waals surface area contributed by atoms with Crippen molar-refractivity contribution in [3.63, 3.8) is 0 Å². The third-order valence-corrected chi connectivity index (χ3v) is 8.05. The number of nitrogens with one attached hydrogen (secondary N) is 1. The van der Waals surface area contributed by atoms with Gasteiger partial charge in [-0.25, -0.2) is 18.9 Å². The lowest BCUT2D eigenvalue weighted by Crippen LogP contribution is -2.53. The summed E-state index contributed by atoms with van der Waals surface area (Å²) < 4.78 is 29.4. The number of hydrogen-bond donors (Lipinski definition) is 2. The molecule has 1 heterocycles. The Hall–Kier alpha value is -1.81. The fourth-order valence-electron chi connectivity index (χ4n) is 3.15. The smallest absolute Gasteiger partial charge is 0.262 e. The number of rotatable bonds is 10. The van der Waals surface area contributed by atoms with Gasteiger partial charge in [0.15, 0.2) is 0 Å². The lowest BCUT2D eigenvalue weighted by atomic mass is 10.0. The van der Waals surface area contributed by atoms with Crippen molar-refractivity contribution < 1.29 is 18.4 Å². The van der Waals surface area contributed by atoms with Gasteiger partial charge in [-0.15, -0.1) is 17.9 Å². The zero-order valence-corrected chi connectivity index (χ0v) is 18.8. The van der Waals surface area contributed by atoms with Crippen LogP contribution in [-0.2, 0) is 14.8 Å². The van der Waals surface area contributed by atoms with Gasteiger partial charge in [0.1, 0.15) is 16.3 Å². The Labute approximate surface area is 176 Å². The number of hydrogen-bond acceptors (Lipinski definition) is 6. The second-order valence-electron chi connectivity index (χ2n) is 7.68. The minimum Gasteiger partial charge on any atom is -0.289 e. The molecular weight excluding hydrogens is 410 g/mol. The molecule has 0 aliphatic heterocycles. The van der Waals surface area contributed by atoms with Gasteiger partial charge in [-0.3, -0.25) is 10.0 Å². The number of fused-ring (bicyclic) bond motifs is 1. The summed E-state index contributed by atoms with van der Waals surface area (Å²) in [6, 6.07) is 6.39. The maximum atomic E-state index is 13.7. The molecule has 160 valence electrons. The van der Waals surface area contributed by atoms with Crippen molar-refractivity contribution in [1.29, 1.82) is 0 Å². The molecular formula is C20H29N3O4S2. The number of carbonyl (C=O) groups is 1. The van der Waals surface area contributed by atoms with Crippen LogP contribution < -0.4 is 5.48 Å². The third kappa shape index (κ3) is 5.22. The number of para-hydroxylation sites is 1. The molecule has 0 aliphatic carbocycles. The summed E-state index contributed by atoms with van der Waals surface area (Å²) in [6.45, 7) is 11.4. The van der Waals surface area contributed by atoms with Gasteiger partial charge in [0.05, 0.1) is 10.2 Å². The summed E-state index contributed by atoms with van der Waals surface area (Å²) in [4.78, 5) is 16.9. The molecule has 0 saturated heterocycles. The van der Waals surface area contributed by atoms with Crippen molar-refractivity contribution >= 4 is 37.5 Å². The standard InChI is InChI=1S/C20H29N3O4S2/c1-6-17(20-21-15-9-7-8-10-16(15)28-20)29(26,27)23(12-11-13(2)3)18(14(4)5)19(24)22-25/h6-10,13-14,17-18,25H,1,11-12H2,2-5H3,(H,22,24). The average Bonchev–Trinajstić information content (AvgIpc) is 3.07. The molecule has 0 bridgehead atoms. The van der Waals surface area contributed by atoms with Gasteiger partial charge in [-0.1, -0.05) is 45.9 Å². The molecule has 1 aromatic carbocycles. The Morgan fingerprint density at radius 3 is 2.48 bits per heavy atom. The number of amides is 1. The Morgan fingerprint density at radius 1 is 1.31 bits per heavy atom. The maximum absolute atomic E-state index is 13.7. The molecule has 0 fully saturated rings. The Balaban J connectivity index is 2.54. The van der Waals surface area contributed by atoms with E-state index in [0.717, 1.165) is 10.2 Å². The molecule has 0 radical (unpaired) electrons. The summed E-state index contributed by atoms with van der Waals surface area (Å²) >= 11 is 1.29. The molecule has 0 saturated carbocycles. The molecule has 29 heavy (non-hydrogen) atoms. The number of sulfonamides is 1. The first-order valence-corrected chi connectivity index (χ1v) is 11.9. The molecule has 1 amide bonds. The van der Waals surface area contributed by atoms with Crippen LogP contribution >= 0.6 is 11.3 Å². The molecule has 0 spiro atoms. The van der Waals surface area contributed by atoms with Crippen LogP contribution in [0.25, 0.3) is 10.2 Å². The monoisotopic (exact) mass is 439 g/mol. The van der Waals surface area contributed by atoms with Gasteiger partial charge in [0.2, 0.25) is 10.0 Å². The van der Waals surface area contributed by atoms with Crippen molar-refractivity contribution in [2.45, 2.75) is 45.4 Å². The highest BCUT2D eigenvalue weighted by molar-refractivity contribution is 7.89. The highest BCUT2D eigenvalue weighted by Crippen LogP contribution is 2.35. The van der Waals surface area contributed by atoms with E-state index < -0.39 is 27.2 Å². The summed E-state index contributed by atoms with van der Waals surface area (Å²) in [5.41, 5.74) is 2.34. The van der Waals surface area contributed by atoms with Gasteiger partial charge >= 0.3 is 0 Å². The van der Waals surface area contributed by atoms with Crippen molar-refractivity contribution in [2.75, 3.05) is 6.54 Å². The SMILES string of the molecule is C=CC(c1nc2ccccc2s1)S(=O)(=O)N(CCC(C)C)C(C(=O)NO)C(C)C. The van der Waals surface area contributed by atoms with Gasteiger partial charge < -0.3 is 0 Å². The van der Waals surface area contributed by atoms with Crippen LogP contribution in [0, 0.1) is 11.8 Å². The molecule has 9 heteroatoms. The summed E-state index contributed by atoms with van der Waals surface area (Å²) in [5, 5.41) is 8.52. The van der Waals surface area contributed by atoms with Crippen molar-refractivity contribution in [1.82, 2.24) is 14.8 Å². The number of thiazole rings is 1. The van der Waals surface area contributed by atoms with Crippen molar-refractivity contribution in [3.8, 4) is 0 Å². The fraction of sp³-hybridized carbons (Fsp3) is 0.500. The minimum atomic E-state index is -4.02. The molecule has 2 atom stereocenters. The van der Waals surface area contributed by atoms with Crippen LogP contribution in [0.2, 0.25) is 0 Å². The summed E-state index contributed by atoms with van der Waals surface area (Å²) in [6.07, 6.45) is 1.93. The second-order valence-corrected chi connectivity index (χ2v) is 10.7. The van der Waals surface area contributed by atoms with Crippen LogP contribution in [-0.4, -0.2) is 41.4 Å². The lowest BCUT2D eigenvalue weighted by molar-refractivity contribution is -0.134. The molecule has 2 aromatic rings. The average molecular weight is 440 g/mol. The predicted octanol–water partition coefficient (Wildman–Crippen LogP) is 3.73. The van der Waals surface area contributed by atoms with Crippen LogP contribution in [0.3, 0.4) is 0 Å². The zero-order valence-electron chi connectivity index (χ0n) is 17.2. The van der Waals surface area contributed by atoms with Crippen molar-refractivity contribution in [2.24, 2.45) is 11.8 Å². The number of nitrogens with zero attached hydrogens (tertiary/aromatic N) is 2. The van der Waals surface area contributed by atoms with E-state index in [2.05, 4.69) is 11.6 Å². The number of hydroxylamine groups is 1. The third-order valence-electron chi connectivity index (χ3n) is 4.66. The number of carbonyl (C=O) groups excluding carboxylic acids is 1. The second kappa shape index (κ2) is 9.80. The minimum absolute atomic E-state index is 0.158. The first-order valence-electron chi connectivity index (χ1n) is 9.56.